The molecule has 0 unspecified atom stereocenters. The third-order valence-electron chi connectivity index (χ3n) is 6.00. The van der Waals surface area contributed by atoms with Gasteiger partial charge in [-0.3, -0.25) is 14.3 Å². The summed E-state index contributed by atoms with van der Waals surface area (Å²) < 4.78 is 29.5. The van der Waals surface area contributed by atoms with Crippen LogP contribution in [-0.4, -0.2) is 38.0 Å². The first-order chi connectivity index (χ1) is 14.8. The predicted octanol–water partition coefficient (Wildman–Crippen LogP) is 4.21. The molecule has 4 rings (SSSR count). The molecule has 1 heterocycles. The van der Waals surface area contributed by atoms with Gasteiger partial charge in [0.2, 0.25) is 11.6 Å². The van der Waals surface area contributed by atoms with Crippen molar-refractivity contribution in [1.82, 2.24) is 4.90 Å². The van der Waals surface area contributed by atoms with Crippen LogP contribution in [0.3, 0.4) is 0 Å². The van der Waals surface area contributed by atoms with Crippen LogP contribution < -0.4 is 4.72 Å². The van der Waals surface area contributed by atoms with Crippen molar-refractivity contribution < 1.29 is 18.0 Å². The van der Waals surface area contributed by atoms with Gasteiger partial charge in [-0.1, -0.05) is 43.2 Å². The van der Waals surface area contributed by atoms with Crippen molar-refractivity contribution >= 4 is 27.3 Å². The zero-order valence-corrected chi connectivity index (χ0v) is 18.6. The van der Waals surface area contributed by atoms with Crippen molar-refractivity contribution in [1.29, 1.82) is 0 Å². The predicted molar refractivity (Wildman–Crippen MR) is 121 cm³/mol. The number of fused-ring (bicyclic) bond motifs is 1. The second-order valence-electron chi connectivity index (χ2n) is 8.19. The number of benzene rings is 2. The summed E-state index contributed by atoms with van der Waals surface area (Å²) in [6.07, 6.45) is 3.74. The number of nitrogens with zero attached hydrogens (tertiary/aromatic N) is 1. The lowest BCUT2D eigenvalue weighted by atomic mass is 9.91. The second kappa shape index (κ2) is 8.30. The highest BCUT2D eigenvalue weighted by atomic mass is 32.2. The normalized spacial score (nSPS) is 17.4. The summed E-state index contributed by atoms with van der Waals surface area (Å²) in [7, 11) is -4.28. The number of nitrogens with one attached hydrogen (secondary N) is 1. The Morgan fingerprint density at radius 3 is 2.03 bits per heavy atom. The maximum atomic E-state index is 13.5. The summed E-state index contributed by atoms with van der Waals surface area (Å²) in [5.41, 5.74) is 2.72. The van der Waals surface area contributed by atoms with Gasteiger partial charge in [0.25, 0.3) is 10.0 Å². The number of Topliss-reactive ketones (excluding diaryl/α,β-unsaturated/α-hetero) is 2. The Kier molecular flexibility index (Phi) is 5.71. The Balaban J connectivity index is 1.86. The molecule has 2 aliphatic rings. The first kappa shape index (κ1) is 21.3. The molecule has 1 saturated heterocycles. The van der Waals surface area contributed by atoms with E-state index in [4.69, 9.17) is 0 Å². The van der Waals surface area contributed by atoms with Crippen LogP contribution in [-0.2, 0) is 10.0 Å². The Bertz CT molecular complexity index is 1190. The number of aryl methyl sites for hydroxylation is 2. The first-order valence-corrected chi connectivity index (χ1v) is 12.1. The van der Waals surface area contributed by atoms with E-state index < -0.39 is 26.5 Å². The zero-order valence-electron chi connectivity index (χ0n) is 17.8. The number of likely N-dealkylation sites (tertiary alicyclic amines) is 1. The van der Waals surface area contributed by atoms with Crippen LogP contribution in [0, 0.1) is 13.8 Å². The summed E-state index contributed by atoms with van der Waals surface area (Å²) >= 11 is 0. The molecule has 0 spiro atoms. The van der Waals surface area contributed by atoms with Crippen LogP contribution in [0.4, 0.5) is 5.69 Å². The standard InChI is InChI=1S/C24H26N2O4S/c1-16-11-12-18(15-17(16)2)25-31(29,30)24-21(26-13-7-3-4-8-14-26)22(27)19-9-5-6-10-20(19)23(24)28/h5-6,9-12,15,25H,3-4,7-8,13-14H2,1-2H3. The highest BCUT2D eigenvalue weighted by Gasteiger charge is 2.41. The van der Waals surface area contributed by atoms with Crippen LogP contribution in [0.1, 0.15) is 57.5 Å². The molecule has 1 fully saturated rings. The molecule has 0 radical (unpaired) electrons. The number of anilines is 1. The number of allylic oxidation sites excluding steroid dienone is 2. The minimum absolute atomic E-state index is 0.00179. The molecule has 0 amide bonds. The molecule has 2 aromatic rings. The van der Waals surface area contributed by atoms with Crippen LogP contribution in [0.25, 0.3) is 0 Å². The Morgan fingerprint density at radius 1 is 0.806 bits per heavy atom. The van der Waals surface area contributed by atoms with Gasteiger partial charge in [0.1, 0.15) is 5.70 Å². The van der Waals surface area contributed by atoms with Crippen LogP contribution in [0.2, 0.25) is 0 Å². The molecular formula is C24H26N2O4S. The van der Waals surface area contributed by atoms with Gasteiger partial charge >= 0.3 is 0 Å². The minimum atomic E-state index is -4.28. The summed E-state index contributed by atoms with van der Waals surface area (Å²) in [5.74, 6) is -1.04. The maximum absolute atomic E-state index is 13.5. The highest BCUT2D eigenvalue weighted by molar-refractivity contribution is 7.97. The topological polar surface area (TPSA) is 83.6 Å². The number of hydrogen-bond acceptors (Lipinski definition) is 5. The van der Waals surface area contributed by atoms with Crippen molar-refractivity contribution in [2.45, 2.75) is 39.5 Å². The summed E-state index contributed by atoms with van der Waals surface area (Å²) in [4.78, 5) is 28.2. The molecule has 31 heavy (non-hydrogen) atoms. The molecule has 7 heteroatoms. The van der Waals surface area contributed by atoms with E-state index >= 15 is 0 Å². The van der Waals surface area contributed by atoms with Crippen LogP contribution >= 0.6 is 0 Å². The summed E-state index contributed by atoms with van der Waals surface area (Å²) in [5, 5.41) is 0. The molecule has 6 nitrogen and oxygen atoms in total. The molecule has 2 aromatic carbocycles. The molecular weight excluding hydrogens is 412 g/mol. The molecule has 0 bridgehead atoms. The fourth-order valence-corrected chi connectivity index (χ4v) is 5.55. The quantitative estimate of drug-likeness (QED) is 0.773. The van der Waals surface area contributed by atoms with Crippen molar-refractivity contribution in [3.05, 3.63) is 75.3 Å². The second-order valence-corrected chi connectivity index (χ2v) is 9.81. The smallest absolute Gasteiger partial charge is 0.268 e. The van der Waals surface area contributed by atoms with E-state index in [1.165, 1.54) is 6.07 Å². The van der Waals surface area contributed by atoms with Gasteiger partial charge in [-0.15, -0.1) is 0 Å². The number of carbonyl (C=O) groups is 2. The lowest BCUT2D eigenvalue weighted by Crippen LogP contribution is -2.38. The van der Waals surface area contributed by atoms with Crippen molar-refractivity contribution in [2.75, 3.05) is 17.8 Å². The lowest BCUT2D eigenvalue weighted by Gasteiger charge is -2.30. The third kappa shape index (κ3) is 4.02. The molecule has 0 saturated carbocycles. The molecule has 162 valence electrons. The number of sulfonamides is 1. The summed E-state index contributed by atoms with van der Waals surface area (Å²) in [6, 6.07) is 11.6. The van der Waals surface area contributed by atoms with E-state index in [2.05, 4.69) is 4.72 Å². The van der Waals surface area contributed by atoms with Crippen molar-refractivity contribution in [2.24, 2.45) is 0 Å². The molecule has 1 aliphatic carbocycles. The lowest BCUT2D eigenvalue weighted by molar-refractivity contribution is 0.0947. The highest BCUT2D eigenvalue weighted by Crippen LogP contribution is 2.33. The van der Waals surface area contributed by atoms with E-state index in [0.29, 0.717) is 18.8 Å². The van der Waals surface area contributed by atoms with Gasteiger partial charge < -0.3 is 4.90 Å². The summed E-state index contributed by atoms with van der Waals surface area (Å²) in [6.45, 7) is 4.94. The van der Waals surface area contributed by atoms with Gasteiger partial charge in [0.15, 0.2) is 4.91 Å². The SMILES string of the molecule is Cc1ccc(NS(=O)(=O)C2=C(N3CCCCCC3)C(=O)c3ccccc3C2=O)cc1C. The number of ketones is 2. The van der Waals surface area contributed by atoms with E-state index in [0.717, 1.165) is 36.8 Å². The largest absolute Gasteiger partial charge is 0.367 e. The molecule has 1 aliphatic heterocycles. The average Bonchev–Trinajstić information content (AvgIpc) is 3.02. The maximum Gasteiger partial charge on any atom is 0.268 e. The average molecular weight is 439 g/mol. The molecule has 0 atom stereocenters. The van der Waals surface area contributed by atoms with Crippen LogP contribution in [0.5, 0.6) is 0 Å². The number of rotatable bonds is 4. The number of hydrogen-bond donors (Lipinski definition) is 1. The monoisotopic (exact) mass is 438 g/mol. The van der Waals surface area contributed by atoms with Gasteiger partial charge in [-0.2, -0.15) is 0 Å². The number of carbonyl (C=O) groups excluding carboxylic acids is 2. The van der Waals surface area contributed by atoms with E-state index in [9.17, 15) is 18.0 Å². The van der Waals surface area contributed by atoms with Gasteiger partial charge in [-0.05, 0) is 49.9 Å². The molecule has 0 aromatic heterocycles. The van der Waals surface area contributed by atoms with Gasteiger partial charge in [0, 0.05) is 29.9 Å². The first-order valence-electron chi connectivity index (χ1n) is 10.6. The van der Waals surface area contributed by atoms with Crippen molar-refractivity contribution in [3.8, 4) is 0 Å². The van der Waals surface area contributed by atoms with E-state index in [1.54, 1.807) is 35.2 Å². The van der Waals surface area contributed by atoms with Crippen LogP contribution in [0.15, 0.2) is 53.1 Å². The zero-order chi connectivity index (χ0) is 22.2. The fourth-order valence-electron chi connectivity index (χ4n) is 4.18. The Hall–Kier alpha value is -2.93. The Labute approximate surface area is 183 Å². The molecule has 1 N–H and O–H groups in total. The van der Waals surface area contributed by atoms with Gasteiger partial charge in [-0.25, -0.2) is 8.42 Å². The van der Waals surface area contributed by atoms with Crippen molar-refractivity contribution in [3.63, 3.8) is 0 Å². The van der Waals surface area contributed by atoms with Gasteiger partial charge in [0.05, 0.1) is 0 Å². The van der Waals surface area contributed by atoms with E-state index in [-0.39, 0.29) is 16.8 Å². The fraction of sp³-hybridized carbons (Fsp3) is 0.333. The minimum Gasteiger partial charge on any atom is -0.367 e. The van der Waals surface area contributed by atoms with E-state index in [1.807, 2.05) is 19.9 Å². The Morgan fingerprint density at radius 2 is 1.42 bits per heavy atom. The third-order valence-corrected chi connectivity index (χ3v) is 7.42.